The number of sulfonamides is 1. The molecular weight excluding hydrogens is 366 g/mol. The molecule has 0 bridgehead atoms. The van der Waals surface area contributed by atoms with Crippen LogP contribution in [0, 0.1) is 0 Å². The van der Waals surface area contributed by atoms with Gasteiger partial charge in [-0.2, -0.15) is 4.31 Å². The van der Waals surface area contributed by atoms with Gasteiger partial charge in [0, 0.05) is 31.7 Å². The van der Waals surface area contributed by atoms with Gasteiger partial charge in [-0.05, 0) is 49.9 Å². The first-order chi connectivity index (χ1) is 12.7. The van der Waals surface area contributed by atoms with Crippen LogP contribution in [-0.4, -0.2) is 50.2 Å². The quantitative estimate of drug-likeness (QED) is 0.824. The predicted molar refractivity (Wildman–Crippen MR) is 103 cm³/mol. The Kier molecular flexibility index (Phi) is 5.58. The van der Waals surface area contributed by atoms with Crippen LogP contribution in [0.5, 0.6) is 0 Å². The molecule has 27 heavy (non-hydrogen) atoms. The van der Waals surface area contributed by atoms with Crippen molar-refractivity contribution in [3.05, 3.63) is 23.8 Å². The molecule has 8 heteroatoms. The van der Waals surface area contributed by atoms with E-state index in [1.54, 1.807) is 17.0 Å². The first-order valence-electron chi connectivity index (χ1n) is 9.38. The molecule has 1 atom stereocenters. The van der Waals surface area contributed by atoms with E-state index in [9.17, 15) is 18.0 Å². The first kappa shape index (κ1) is 19.8. The Morgan fingerprint density at radius 1 is 1.26 bits per heavy atom. The zero-order valence-electron chi connectivity index (χ0n) is 16.1. The van der Waals surface area contributed by atoms with Crippen molar-refractivity contribution in [3.63, 3.8) is 0 Å². The van der Waals surface area contributed by atoms with Crippen LogP contribution in [0.2, 0.25) is 0 Å². The molecule has 1 aromatic carbocycles. The van der Waals surface area contributed by atoms with E-state index < -0.39 is 10.0 Å². The maximum absolute atomic E-state index is 12.9. The number of hydrogen-bond acceptors (Lipinski definition) is 4. The van der Waals surface area contributed by atoms with Crippen LogP contribution in [0.4, 0.5) is 5.69 Å². The van der Waals surface area contributed by atoms with Gasteiger partial charge in [-0.3, -0.25) is 9.59 Å². The average molecular weight is 394 g/mol. The summed E-state index contributed by atoms with van der Waals surface area (Å²) in [4.78, 5) is 25.8. The molecule has 0 radical (unpaired) electrons. The molecule has 0 unspecified atom stereocenters. The van der Waals surface area contributed by atoms with Crippen molar-refractivity contribution in [2.24, 2.45) is 0 Å². The van der Waals surface area contributed by atoms with Crippen molar-refractivity contribution >= 4 is 27.5 Å². The van der Waals surface area contributed by atoms with E-state index in [0.29, 0.717) is 6.42 Å². The van der Waals surface area contributed by atoms with Crippen molar-refractivity contribution in [1.82, 2.24) is 9.62 Å². The van der Waals surface area contributed by atoms with Gasteiger partial charge in [0.25, 0.3) is 0 Å². The number of rotatable bonds is 5. The molecule has 7 nitrogen and oxygen atoms in total. The molecule has 3 rings (SSSR count). The summed E-state index contributed by atoms with van der Waals surface area (Å²) in [6, 6.07) is 4.97. The molecule has 1 fully saturated rings. The summed E-state index contributed by atoms with van der Waals surface area (Å²) in [7, 11) is -2.36. The average Bonchev–Trinajstić information content (AvgIpc) is 3.19. The van der Waals surface area contributed by atoms with Gasteiger partial charge in [0.2, 0.25) is 21.8 Å². The number of nitrogens with one attached hydrogen (secondary N) is 1. The molecule has 148 valence electrons. The lowest BCUT2D eigenvalue weighted by Gasteiger charge is -2.21. The maximum atomic E-state index is 12.9. The van der Waals surface area contributed by atoms with Gasteiger partial charge in [0.1, 0.15) is 0 Å². The summed E-state index contributed by atoms with van der Waals surface area (Å²) in [5.74, 6) is -0.330. The van der Waals surface area contributed by atoms with E-state index in [1.807, 2.05) is 6.92 Å². The summed E-state index contributed by atoms with van der Waals surface area (Å²) in [6.07, 6.45) is 4.73. The highest BCUT2D eigenvalue weighted by Gasteiger charge is 2.31. The standard InChI is InChI=1S/C19H27N3O4S/c1-13-10-15-11-17(8-9-18(15)22(13)14(2)23)27(25,26)21(3)12-19(24)20-16-6-4-5-7-16/h8-9,11,13,16H,4-7,10,12H2,1-3H3,(H,20,24)/t13-/m0/s1. The number of anilines is 1. The lowest BCUT2D eigenvalue weighted by Crippen LogP contribution is -2.41. The summed E-state index contributed by atoms with van der Waals surface area (Å²) in [5.41, 5.74) is 1.60. The van der Waals surface area contributed by atoms with Crippen molar-refractivity contribution in [2.45, 2.75) is 62.9 Å². The van der Waals surface area contributed by atoms with E-state index in [4.69, 9.17) is 0 Å². The van der Waals surface area contributed by atoms with Gasteiger partial charge in [-0.25, -0.2) is 8.42 Å². The Bertz CT molecular complexity index is 847. The van der Waals surface area contributed by atoms with Crippen molar-refractivity contribution in [1.29, 1.82) is 0 Å². The molecule has 2 aliphatic rings. The van der Waals surface area contributed by atoms with Gasteiger partial charge in [-0.15, -0.1) is 0 Å². The van der Waals surface area contributed by atoms with Gasteiger partial charge < -0.3 is 10.2 Å². The fourth-order valence-corrected chi connectivity index (χ4v) is 5.24. The minimum absolute atomic E-state index is 0.00498. The van der Waals surface area contributed by atoms with Crippen LogP contribution in [0.1, 0.15) is 45.1 Å². The molecule has 0 aromatic heterocycles. The van der Waals surface area contributed by atoms with Crippen LogP contribution in [0.3, 0.4) is 0 Å². The Labute approximate surface area is 160 Å². The van der Waals surface area contributed by atoms with Gasteiger partial charge in [-0.1, -0.05) is 12.8 Å². The SMILES string of the molecule is CC(=O)N1c2ccc(S(=O)(=O)N(C)CC(=O)NC3CCCC3)cc2C[C@@H]1C. The molecule has 2 amide bonds. The third-order valence-electron chi connectivity index (χ3n) is 5.40. The molecule has 1 aromatic rings. The van der Waals surface area contributed by atoms with Crippen LogP contribution in [0.25, 0.3) is 0 Å². The Balaban J connectivity index is 1.74. The number of carbonyl (C=O) groups is 2. The zero-order chi connectivity index (χ0) is 19.8. The Hall–Kier alpha value is -1.93. The molecule has 0 saturated heterocycles. The third kappa shape index (κ3) is 4.01. The summed E-state index contributed by atoms with van der Waals surface area (Å²) in [5, 5.41) is 2.91. The number of fused-ring (bicyclic) bond motifs is 1. The van der Waals surface area contributed by atoms with Crippen LogP contribution >= 0.6 is 0 Å². The van der Waals surface area contributed by atoms with Crippen molar-refractivity contribution in [3.8, 4) is 0 Å². The molecule has 1 N–H and O–H groups in total. The van der Waals surface area contributed by atoms with Gasteiger partial charge >= 0.3 is 0 Å². The molecule has 1 saturated carbocycles. The largest absolute Gasteiger partial charge is 0.352 e. The smallest absolute Gasteiger partial charge is 0.243 e. The fraction of sp³-hybridized carbons (Fsp3) is 0.579. The maximum Gasteiger partial charge on any atom is 0.243 e. The number of benzene rings is 1. The topological polar surface area (TPSA) is 86.8 Å². The van der Waals surface area contributed by atoms with E-state index >= 15 is 0 Å². The monoisotopic (exact) mass is 393 g/mol. The van der Waals surface area contributed by atoms with Gasteiger partial charge in [0.05, 0.1) is 11.4 Å². The van der Waals surface area contributed by atoms with E-state index in [0.717, 1.165) is 41.2 Å². The van der Waals surface area contributed by atoms with Crippen molar-refractivity contribution < 1.29 is 18.0 Å². The molecule has 1 heterocycles. The Morgan fingerprint density at radius 2 is 1.93 bits per heavy atom. The first-order valence-corrected chi connectivity index (χ1v) is 10.8. The summed E-state index contributed by atoms with van der Waals surface area (Å²) < 4.78 is 26.8. The molecular formula is C19H27N3O4S. The van der Waals surface area contributed by atoms with E-state index in [1.165, 1.54) is 20.0 Å². The number of hydrogen-bond donors (Lipinski definition) is 1. The highest BCUT2D eigenvalue weighted by atomic mass is 32.2. The predicted octanol–water partition coefficient (Wildman–Crippen LogP) is 1.66. The lowest BCUT2D eigenvalue weighted by atomic mass is 10.1. The highest BCUT2D eigenvalue weighted by molar-refractivity contribution is 7.89. The van der Waals surface area contributed by atoms with E-state index in [-0.39, 0.29) is 35.3 Å². The second-order valence-electron chi connectivity index (χ2n) is 7.54. The molecule has 1 aliphatic heterocycles. The van der Waals surface area contributed by atoms with Crippen LogP contribution in [0.15, 0.2) is 23.1 Å². The molecule has 1 aliphatic carbocycles. The normalized spacial score (nSPS) is 20.1. The fourth-order valence-electron chi connectivity index (χ4n) is 4.06. The third-order valence-corrected chi connectivity index (χ3v) is 7.20. The van der Waals surface area contributed by atoms with Gasteiger partial charge in [0.15, 0.2) is 0 Å². The summed E-state index contributed by atoms with van der Waals surface area (Å²) in [6.45, 7) is 3.24. The second kappa shape index (κ2) is 7.59. The number of amides is 2. The van der Waals surface area contributed by atoms with E-state index in [2.05, 4.69) is 5.32 Å². The van der Waals surface area contributed by atoms with Crippen LogP contribution < -0.4 is 10.2 Å². The lowest BCUT2D eigenvalue weighted by molar-refractivity contribution is -0.121. The number of nitrogens with zero attached hydrogens (tertiary/aromatic N) is 2. The zero-order valence-corrected chi connectivity index (χ0v) is 16.9. The number of likely N-dealkylation sites (N-methyl/N-ethyl adjacent to an activating group) is 1. The second-order valence-corrected chi connectivity index (χ2v) is 9.59. The van der Waals surface area contributed by atoms with Crippen LogP contribution in [-0.2, 0) is 26.0 Å². The van der Waals surface area contributed by atoms with Crippen molar-refractivity contribution in [2.75, 3.05) is 18.5 Å². The minimum Gasteiger partial charge on any atom is -0.352 e. The minimum atomic E-state index is -3.78. The number of carbonyl (C=O) groups excluding carboxylic acids is 2. The molecule has 0 spiro atoms. The Morgan fingerprint density at radius 3 is 2.56 bits per heavy atom. The summed E-state index contributed by atoms with van der Waals surface area (Å²) >= 11 is 0. The highest BCUT2D eigenvalue weighted by Crippen LogP contribution is 2.34.